The van der Waals surface area contributed by atoms with Gasteiger partial charge >= 0.3 is 10.1 Å². The molecule has 1 aliphatic heterocycles. The van der Waals surface area contributed by atoms with Crippen LogP contribution < -0.4 is 4.74 Å². The van der Waals surface area contributed by atoms with E-state index in [0.717, 1.165) is 0 Å². The lowest BCUT2D eigenvalue weighted by Crippen LogP contribution is -2.36. The average Bonchev–Trinajstić information content (AvgIpc) is 3.30. The molecule has 1 saturated heterocycles. The van der Waals surface area contributed by atoms with Crippen molar-refractivity contribution in [3.63, 3.8) is 0 Å². The fraction of sp³-hybridized carbons (Fsp3) is 0.375. The molecule has 4 atom stereocenters. The van der Waals surface area contributed by atoms with E-state index in [4.69, 9.17) is 0 Å². The predicted molar refractivity (Wildman–Crippen MR) is 80.7 cm³/mol. The summed E-state index contributed by atoms with van der Waals surface area (Å²) in [4.78, 5) is 22.7. The van der Waals surface area contributed by atoms with E-state index >= 15 is 0 Å². The Morgan fingerprint density at radius 1 is 0.929 bits per heavy atom. The van der Waals surface area contributed by atoms with Gasteiger partial charge in [-0.1, -0.05) is 12.2 Å². The van der Waals surface area contributed by atoms with Crippen molar-refractivity contribution >= 4 is 21.9 Å². The fourth-order valence-electron chi connectivity index (χ4n) is 4.07. The van der Waals surface area contributed by atoms with Crippen LogP contribution in [0.3, 0.4) is 0 Å². The summed E-state index contributed by atoms with van der Waals surface area (Å²) in [7, 11) is -4.89. The van der Waals surface area contributed by atoms with Gasteiger partial charge in [-0.2, -0.15) is 17.2 Å². The molecule has 2 amide bonds. The van der Waals surface area contributed by atoms with Crippen molar-refractivity contribution in [2.24, 2.45) is 23.7 Å². The molecule has 3 aliphatic rings. The van der Waals surface area contributed by atoms with Crippen LogP contribution in [0.25, 0.3) is 0 Å². The molecule has 12 heteroatoms. The van der Waals surface area contributed by atoms with Crippen molar-refractivity contribution in [3.8, 4) is 5.75 Å². The molecule has 0 spiro atoms. The minimum Gasteiger partial charge on any atom is -0.491 e. The second kappa shape index (κ2) is 6.01. The number of halogens is 4. The van der Waals surface area contributed by atoms with Gasteiger partial charge in [0.2, 0.25) is 11.6 Å². The van der Waals surface area contributed by atoms with Gasteiger partial charge < -0.3 is 4.74 Å². The van der Waals surface area contributed by atoms with Crippen LogP contribution in [0.2, 0.25) is 0 Å². The first-order valence-corrected chi connectivity index (χ1v) is 9.41. The van der Waals surface area contributed by atoms with E-state index in [9.17, 15) is 35.6 Å². The summed E-state index contributed by atoms with van der Waals surface area (Å²) >= 11 is 0. The smallest absolute Gasteiger partial charge is 0.324 e. The Kier molecular flexibility index (Phi) is 4.05. The molecule has 1 saturated carbocycles. The third-order valence-corrected chi connectivity index (χ3v) is 6.44. The maximum absolute atomic E-state index is 14.1. The van der Waals surface area contributed by atoms with Gasteiger partial charge in [0.25, 0.3) is 11.8 Å². The molecule has 2 fully saturated rings. The third kappa shape index (κ3) is 2.33. The molecule has 2 aliphatic carbocycles. The molecule has 1 aromatic carbocycles. The van der Waals surface area contributed by atoms with Gasteiger partial charge in [0.1, 0.15) is 0 Å². The molecule has 7 nitrogen and oxygen atoms in total. The number of ether oxygens (including phenoxy) is 1. The van der Waals surface area contributed by atoms with Crippen LogP contribution >= 0.6 is 0 Å². The van der Waals surface area contributed by atoms with Gasteiger partial charge in [0.05, 0.1) is 18.9 Å². The van der Waals surface area contributed by atoms with Crippen molar-refractivity contribution in [2.75, 3.05) is 7.11 Å². The number of hydrogen-bond acceptors (Lipinski definition) is 6. The Labute approximate surface area is 155 Å². The van der Waals surface area contributed by atoms with Gasteiger partial charge in [0, 0.05) is 0 Å². The molecule has 1 aromatic rings. The number of hydrogen-bond donors (Lipinski definition) is 0. The number of fused-ring (bicyclic) bond motifs is 5. The highest BCUT2D eigenvalue weighted by Gasteiger charge is 2.61. The van der Waals surface area contributed by atoms with Crippen LogP contribution in [0.4, 0.5) is 17.6 Å². The van der Waals surface area contributed by atoms with Crippen LogP contribution in [0.5, 0.6) is 5.75 Å². The van der Waals surface area contributed by atoms with Crippen molar-refractivity contribution in [3.05, 3.63) is 35.4 Å². The molecule has 0 N–H and O–H groups in total. The number of allylic oxidation sites excluding steroid dienone is 2. The standard InChI is InChI=1S/C16H11F4NO6S/c1-26-13-9(17)11(19)14(12(20)10(13)18)28(24,25)27-21-15(22)7-5-2-3-6(4-5)8(7)16(21)23/h2-3,5-8H,4H2,1H3. The number of carbonyl (C=O) groups is 2. The zero-order valence-electron chi connectivity index (χ0n) is 14.0. The number of rotatable bonds is 4. The highest BCUT2D eigenvalue weighted by Crippen LogP contribution is 2.52. The number of carbonyl (C=O) groups excluding carboxylic acids is 2. The number of imide groups is 1. The molecule has 1 heterocycles. The predicted octanol–water partition coefficient (Wildman–Crippen LogP) is 1.68. The summed E-state index contributed by atoms with van der Waals surface area (Å²) in [5, 5.41) is -0.101. The molecule has 4 unspecified atom stereocenters. The molecule has 28 heavy (non-hydrogen) atoms. The third-order valence-electron chi connectivity index (χ3n) is 5.24. The second-order valence-electron chi connectivity index (χ2n) is 6.62. The normalized spacial score (nSPS) is 28.4. The first-order chi connectivity index (χ1) is 13.1. The van der Waals surface area contributed by atoms with Crippen LogP contribution in [-0.2, 0) is 24.0 Å². The van der Waals surface area contributed by atoms with Gasteiger partial charge in [0.15, 0.2) is 22.3 Å². The van der Waals surface area contributed by atoms with Crippen LogP contribution in [0.1, 0.15) is 6.42 Å². The zero-order chi connectivity index (χ0) is 20.5. The number of hydroxylamine groups is 2. The van der Waals surface area contributed by atoms with E-state index in [1.165, 1.54) is 0 Å². The highest BCUT2D eigenvalue weighted by atomic mass is 32.2. The lowest BCUT2D eigenvalue weighted by atomic mass is 9.85. The van der Waals surface area contributed by atoms with Gasteiger partial charge in [-0.25, -0.2) is 8.78 Å². The Morgan fingerprint density at radius 2 is 1.39 bits per heavy atom. The van der Waals surface area contributed by atoms with Crippen LogP contribution in [0, 0.1) is 46.9 Å². The summed E-state index contributed by atoms with van der Waals surface area (Å²) in [6, 6.07) is 0. The Balaban J connectivity index is 1.72. The monoisotopic (exact) mass is 421 g/mol. The van der Waals surface area contributed by atoms with E-state index in [1.807, 2.05) is 0 Å². The summed E-state index contributed by atoms with van der Waals surface area (Å²) in [5.74, 6) is -14.6. The first kappa shape index (κ1) is 18.9. The average molecular weight is 421 g/mol. The van der Waals surface area contributed by atoms with Crippen molar-refractivity contribution in [1.29, 1.82) is 0 Å². The van der Waals surface area contributed by atoms with E-state index in [0.29, 0.717) is 13.5 Å². The minimum atomic E-state index is -5.61. The number of methoxy groups -OCH3 is 1. The minimum absolute atomic E-state index is 0.101. The maximum Gasteiger partial charge on any atom is 0.324 e. The zero-order valence-corrected chi connectivity index (χ0v) is 14.8. The van der Waals surface area contributed by atoms with E-state index < -0.39 is 67.7 Å². The molecule has 4 rings (SSSR count). The van der Waals surface area contributed by atoms with E-state index in [2.05, 4.69) is 9.02 Å². The summed E-state index contributed by atoms with van der Waals surface area (Å²) in [5.41, 5.74) is 0. The van der Waals surface area contributed by atoms with Gasteiger partial charge in [-0.15, -0.1) is 9.35 Å². The van der Waals surface area contributed by atoms with Gasteiger partial charge in [-0.05, 0) is 18.3 Å². The fourth-order valence-corrected chi connectivity index (χ4v) is 5.11. The number of benzene rings is 1. The number of nitrogens with zero attached hydrogens (tertiary/aromatic N) is 1. The summed E-state index contributed by atoms with van der Waals surface area (Å²) in [6.07, 6.45) is 4.00. The van der Waals surface area contributed by atoms with Crippen molar-refractivity contribution < 1.29 is 44.6 Å². The second-order valence-corrected chi connectivity index (χ2v) is 8.08. The SMILES string of the molecule is COc1c(F)c(F)c(S(=O)(=O)ON2C(=O)C3C4C=CC(C4)C3C2=O)c(F)c1F. The van der Waals surface area contributed by atoms with Crippen molar-refractivity contribution in [2.45, 2.75) is 11.3 Å². The summed E-state index contributed by atoms with van der Waals surface area (Å²) < 4.78 is 88.9. The molecule has 2 bridgehead atoms. The molecular weight excluding hydrogens is 410 g/mol. The lowest BCUT2D eigenvalue weighted by Gasteiger charge is -2.17. The molecular formula is C16H11F4NO6S. The highest BCUT2D eigenvalue weighted by molar-refractivity contribution is 7.86. The lowest BCUT2D eigenvalue weighted by molar-refractivity contribution is -0.166. The molecule has 0 aromatic heterocycles. The Bertz CT molecular complexity index is 997. The Morgan fingerprint density at radius 3 is 1.82 bits per heavy atom. The molecule has 150 valence electrons. The Hall–Kier alpha value is -2.47. The van der Waals surface area contributed by atoms with E-state index in [-0.39, 0.29) is 16.9 Å². The number of amides is 2. The van der Waals surface area contributed by atoms with Crippen LogP contribution in [-0.4, -0.2) is 32.4 Å². The van der Waals surface area contributed by atoms with Crippen LogP contribution in [0.15, 0.2) is 17.0 Å². The first-order valence-electron chi connectivity index (χ1n) is 8.00. The summed E-state index contributed by atoms with van der Waals surface area (Å²) in [6.45, 7) is 0. The van der Waals surface area contributed by atoms with E-state index in [1.54, 1.807) is 12.2 Å². The largest absolute Gasteiger partial charge is 0.491 e. The quantitative estimate of drug-likeness (QED) is 0.318. The molecule has 0 radical (unpaired) electrons. The van der Waals surface area contributed by atoms with Crippen molar-refractivity contribution in [1.82, 2.24) is 5.06 Å². The maximum atomic E-state index is 14.1. The van der Waals surface area contributed by atoms with Gasteiger partial charge in [-0.3, -0.25) is 9.59 Å². The topological polar surface area (TPSA) is 90.0 Å².